The number of hydrogen-bond acceptors (Lipinski definition) is 13. The lowest BCUT2D eigenvalue weighted by Gasteiger charge is -2.49. The number of amides is 2. The molecule has 36 heavy (non-hydrogen) atoms. The lowest BCUT2D eigenvalue weighted by molar-refractivity contribution is -0.150. The first-order valence-corrected chi connectivity index (χ1v) is 13.2. The third-order valence-electron chi connectivity index (χ3n) is 4.94. The number of nitrogens with zero attached hydrogens (tertiary/aromatic N) is 5. The number of oxime groups is 1. The fourth-order valence-corrected chi connectivity index (χ4v) is 6.49. The number of nitrogen functional groups attached to an aromatic ring is 1. The maximum Gasteiger partial charge on any atom is 0.353 e. The number of carboxylic acids is 1. The summed E-state index contributed by atoms with van der Waals surface area (Å²) in [7, 11) is 0. The van der Waals surface area contributed by atoms with Gasteiger partial charge >= 0.3 is 5.97 Å². The van der Waals surface area contributed by atoms with Crippen molar-refractivity contribution < 1.29 is 24.7 Å². The molecule has 0 aromatic carbocycles. The zero-order valence-corrected chi connectivity index (χ0v) is 20.8. The second-order valence-electron chi connectivity index (χ2n) is 7.25. The van der Waals surface area contributed by atoms with Gasteiger partial charge in [-0.1, -0.05) is 34.7 Å². The van der Waals surface area contributed by atoms with E-state index in [4.69, 9.17) is 11.5 Å². The fraction of sp³-hybridized carbons (Fsp3) is 0.250. The highest BCUT2D eigenvalue weighted by Gasteiger charge is 2.54. The van der Waals surface area contributed by atoms with Gasteiger partial charge in [0.05, 0.1) is 0 Å². The summed E-state index contributed by atoms with van der Waals surface area (Å²) >= 11 is 3.82. The van der Waals surface area contributed by atoms with Gasteiger partial charge in [0.1, 0.15) is 33.7 Å². The van der Waals surface area contributed by atoms with Crippen molar-refractivity contribution in [3.05, 3.63) is 46.8 Å². The Morgan fingerprint density at radius 3 is 2.81 bits per heavy atom. The van der Waals surface area contributed by atoms with Crippen LogP contribution in [0.4, 0.5) is 5.82 Å². The number of carboxylic acid groups (broad SMARTS) is 1. The standard InChI is InChI=1S/C20H20N8O5S3/c21-5-7-34-20-23-6-4-12(25-20)36-10-8-35-18-14(17(30)28(18)15(10)19(31)32)26-16(29)13(27-33)9-2-1-3-11(22)24-9/h1-4,6,14,18,33H,5,7-8,21H2,(H2,22,24)(H,26,29)(H,31,32)/b27-13+/t14-,18?/m1/s1. The number of anilines is 1. The summed E-state index contributed by atoms with van der Waals surface area (Å²) in [5.41, 5.74) is 10.6. The number of aromatic nitrogens is 3. The number of rotatable bonds is 9. The number of pyridine rings is 1. The van der Waals surface area contributed by atoms with Gasteiger partial charge in [0, 0.05) is 29.2 Å². The molecular weight excluding hydrogens is 528 g/mol. The zero-order chi connectivity index (χ0) is 25.8. The number of nitrogens with one attached hydrogen (secondary N) is 1. The molecule has 2 atom stereocenters. The van der Waals surface area contributed by atoms with Crippen LogP contribution in [0.1, 0.15) is 5.69 Å². The van der Waals surface area contributed by atoms with E-state index in [2.05, 4.69) is 25.4 Å². The van der Waals surface area contributed by atoms with Crippen LogP contribution >= 0.6 is 35.3 Å². The molecule has 188 valence electrons. The molecule has 2 aliphatic heterocycles. The van der Waals surface area contributed by atoms with Crippen molar-refractivity contribution in [3.63, 3.8) is 0 Å². The molecule has 4 rings (SSSR count). The van der Waals surface area contributed by atoms with E-state index in [1.165, 1.54) is 41.7 Å². The predicted octanol–water partition coefficient (Wildman–Crippen LogP) is 0.171. The first-order chi connectivity index (χ1) is 17.3. The van der Waals surface area contributed by atoms with E-state index in [1.807, 2.05) is 0 Å². The second-order valence-corrected chi connectivity index (χ2v) is 10.5. The van der Waals surface area contributed by atoms with E-state index in [0.717, 1.165) is 16.7 Å². The van der Waals surface area contributed by atoms with Crippen LogP contribution in [0.25, 0.3) is 0 Å². The minimum absolute atomic E-state index is 0.0218. The van der Waals surface area contributed by atoms with Gasteiger partial charge in [-0.2, -0.15) is 0 Å². The molecule has 1 saturated heterocycles. The van der Waals surface area contributed by atoms with Gasteiger partial charge in [-0.3, -0.25) is 14.5 Å². The molecular formula is C20H20N8O5S3. The Kier molecular flexibility index (Phi) is 7.97. The van der Waals surface area contributed by atoms with Crippen molar-refractivity contribution in [3.8, 4) is 0 Å². The molecule has 16 heteroatoms. The van der Waals surface area contributed by atoms with Gasteiger partial charge in [-0.15, -0.1) is 11.8 Å². The van der Waals surface area contributed by atoms with Crippen molar-refractivity contribution in [2.75, 3.05) is 23.8 Å². The number of fused-ring (bicyclic) bond motifs is 1. The SMILES string of the molecule is NCCSc1nccc(SC2=C(C(=O)O)N3C(=O)[C@@H](NC(=O)/C(=N/O)c4cccc(N)n4)C3SC2)n1. The van der Waals surface area contributed by atoms with Crippen molar-refractivity contribution in [2.45, 2.75) is 21.6 Å². The van der Waals surface area contributed by atoms with Gasteiger partial charge < -0.3 is 27.1 Å². The van der Waals surface area contributed by atoms with Crippen LogP contribution < -0.4 is 16.8 Å². The van der Waals surface area contributed by atoms with Gasteiger partial charge in [0.25, 0.3) is 11.8 Å². The summed E-state index contributed by atoms with van der Waals surface area (Å²) in [6.07, 6.45) is 1.57. The second kappa shape index (κ2) is 11.2. The molecule has 1 unspecified atom stereocenters. The summed E-state index contributed by atoms with van der Waals surface area (Å²) in [5, 5.41) is 25.1. The van der Waals surface area contributed by atoms with Crippen molar-refractivity contribution in [1.29, 1.82) is 0 Å². The van der Waals surface area contributed by atoms with Crippen LogP contribution in [-0.4, -0.2) is 83.1 Å². The van der Waals surface area contributed by atoms with E-state index in [-0.39, 0.29) is 23.0 Å². The van der Waals surface area contributed by atoms with Crippen LogP contribution in [0, 0.1) is 0 Å². The lowest BCUT2D eigenvalue weighted by Crippen LogP contribution is -2.71. The third kappa shape index (κ3) is 5.25. The Hall–Kier alpha value is -3.34. The smallest absolute Gasteiger partial charge is 0.353 e. The highest BCUT2D eigenvalue weighted by Crippen LogP contribution is 2.44. The normalized spacial score (nSPS) is 19.5. The quantitative estimate of drug-likeness (QED) is 0.0539. The van der Waals surface area contributed by atoms with E-state index in [9.17, 15) is 24.7 Å². The molecule has 0 bridgehead atoms. The minimum atomic E-state index is -1.27. The number of nitrogens with two attached hydrogens (primary N) is 2. The number of β-lactam (4-membered cyclic amide) rings is 1. The van der Waals surface area contributed by atoms with Crippen LogP contribution in [0.3, 0.4) is 0 Å². The first-order valence-electron chi connectivity index (χ1n) is 10.3. The molecule has 13 nitrogen and oxygen atoms in total. The molecule has 1 fully saturated rings. The number of aliphatic carboxylic acids is 1. The fourth-order valence-electron chi connectivity index (χ4n) is 3.40. The Morgan fingerprint density at radius 2 is 2.11 bits per heavy atom. The average Bonchev–Trinajstić information content (AvgIpc) is 2.86. The van der Waals surface area contributed by atoms with Crippen LogP contribution in [0.2, 0.25) is 0 Å². The summed E-state index contributed by atoms with van der Waals surface area (Å²) in [4.78, 5) is 51.9. The molecule has 0 radical (unpaired) electrons. The maximum atomic E-state index is 12.9. The van der Waals surface area contributed by atoms with Crippen LogP contribution in [-0.2, 0) is 14.4 Å². The molecule has 0 aliphatic carbocycles. The number of carbonyl (C=O) groups is 3. The molecule has 2 amide bonds. The van der Waals surface area contributed by atoms with Gasteiger partial charge in [0.2, 0.25) is 0 Å². The zero-order valence-electron chi connectivity index (χ0n) is 18.4. The topological polar surface area (TPSA) is 210 Å². The number of hydrogen-bond donors (Lipinski definition) is 5. The van der Waals surface area contributed by atoms with Gasteiger partial charge in [-0.05, 0) is 18.2 Å². The summed E-state index contributed by atoms with van der Waals surface area (Å²) < 4.78 is 0. The lowest BCUT2D eigenvalue weighted by atomic mass is 10.0. The van der Waals surface area contributed by atoms with E-state index in [0.29, 0.717) is 27.4 Å². The number of thioether (sulfide) groups is 3. The monoisotopic (exact) mass is 548 g/mol. The third-order valence-corrected chi connectivity index (χ3v) is 8.31. The Labute approximate surface area is 217 Å². The number of carbonyl (C=O) groups excluding carboxylic acids is 2. The summed E-state index contributed by atoms with van der Waals surface area (Å²) in [6, 6.07) is 5.10. The highest BCUT2D eigenvalue weighted by atomic mass is 32.2. The molecule has 2 aromatic rings. The Balaban J connectivity index is 1.51. The summed E-state index contributed by atoms with van der Waals surface area (Å²) in [6.45, 7) is 0.466. The van der Waals surface area contributed by atoms with E-state index in [1.54, 1.807) is 12.3 Å². The maximum absolute atomic E-state index is 12.9. The molecule has 2 aliphatic rings. The highest BCUT2D eigenvalue weighted by molar-refractivity contribution is 8.06. The predicted molar refractivity (Wildman–Crippen MR) is 134 cm³/mol. The molecule has 0 spiro atoms. The molecule has 0 saturated carbocycles. The van der Waals surface area contributed by atoms with Gasteiger partial charge in [0.15, 0.2) is 10.9 Å². The van der Waals surface area contributed by atoms with Gasteiger partial charge in [-0.25, -0.2) is 19.7 Å². The van der Waals surface area contributed by atoms with Crippen molar-refractivity contribution >= 4 is 64.6 Å². The van der Waals surface area contributed by atoms with E-state index < -0.39 is 34.9 Å². The Morgan fingerprint density at radius 1 is 1.31 bits per heavy atom. The largest absolute Gasteiger partial charge is 0.477 e. The van der Waals surface area contributed by atoms with Crippen molar-refractivity contribution in [2.24, 2.45) is 10.9 Å². The van der Waals surface area contributed by atoms with E-state index >= 15 is 0 Å². The average molecular weight is 549 g/mol. The minimum Gasteiger partial charge on any atom is -0.477 e. The molecule has 2 aromatic heterocycles. The molecule has 7 N–H and O–H groups in total. The van der Waals surface area contributed by atoms with Crippen molar-refractivity contribution in [1.82, 2.24) is 25.2 Å². The summed E-state index contributed by atoms with van der Waals surface area (Å²) in [5.74, 6) is -1.69. The molecule has 4 heterocycles. The first kappa shape index (κ1) is 25.7. The van der Waals surface area contributed by atoms with Crippen LogP contribution in [0.5, 0.6) is 0 Å². The Bertz CT molecular complexity index is 1270. The van der Waals surface area contributed by atoms with Crippen LogP contribution in [0.15, 0.2) is 56.4 Å².